The van der Waals surface area contributed by atoms with Crippen molar-refractivity contribution in [3.05, 3.63) is 59.2 Å². The molecule has 0 aliphatic rings. The summed E-state index contributed by atoms with van der Waals surface area (Å²) in [5.74, 6) is -1.97. The average Bonchev–Trinajstić information content (AvgIpc) is 2.46. The molecule has 0 amide bonds. The molecule has 0 saturated heterocycles. The summed E-state index contributed by atoms with van der Waals surface area (Å²) in [6, 6.07) is 7.27. The number of ketones is 1. The molecule has 1 unspecified atom stereocenters. The highest BCUT2D eigenvalue weighted by Crippen LogP contribution is 2.23. The van der Waals surface area contributed by atoms with Crippen LogP contribution in [0.15, 0.2) is 36.4 Å². The van der Waals surface area contributed by atoms with Gasteiger partial charge in [-0.1, -0.05) is 0 Å². The van der Waals surface area contributed by atoms with E-state index < -0.39 is 22.9 Å². The maximum atomic E-state index is 13.5. The number of hydrogen-bond donors (Lipinski definition) is 2. The van der Waals surface area contributed by atoms with Crippen molar-refractivity contribution in [3.63, 3.8) is 0 Å². The molecule has 0 aromatic heterocycles. The number of carbonyl (C=O) groups is 1. The van der Waals surface area contributed by atoms with Crippen LogP contribution in [0.3, 0.4) is 0 Å². The van der Waals surface area contributed by atoms with Crippen LogP contribution < -0.4 is 9.46 Å². The first-order valence-corrected chi connectivity index (χ1v) is 7.56. The number of carbonyl (C=O) groups excluding carboxylic acids is 1. The largest absolute Gasteiger partial charge is 0.486 e. The minimum absolute atomic E-state index is 0.171. The van der Waals surface area contributed by atoms with Gasteiger partial charge in [0, 0.05) is 17.2 Å². The summed E-state index contributed by atoms with van der Waals surface area (Å²) < 4.78 is 53.8. The molecule has 2 rings (SSSR count). The second-order valence-electron chi connectivity index (χ2n) is 4.64. The van der Waals surface area contributed by atoms with E-state index in [9.17, 15) is 17.8 Å². The molecule has 2 N–H and O–H groups in total. The van der Waals surface area contributed by atoms with Crippen molar-refractivity contribution >= 4 is 22.7 Å². The van der Waals surface area contributed by atoms with Gasteiger partial charge >= 0.3 is 0 Å². The number of Topliss-reactive ketones (excluding diaryl/α,β-unsaturated/α-hetero) is 1. The van der Waals surface area contributed by atoms with E-state index in [1.807, 2.05) is 0 Å². The van der Waals surface area contributed by atoms with Crippen LogP contribution in [0, 0.1) is 11.6 Å². The first kappa shape index (κ1) is 17.0. The predicted octanol–water partition coefficient (Wildman–Crippen LogP) is 3.30. The molecule has 0 radical (unpaired) electrons. The van der Waals surface area contributed by atoms with Crippen LogP contribution in [-0.2, 0) is 17.9 Å². The van der Waals surface area contributed by atoms with E-state index in [2.05, 4.69) is 4.72 Å². The first-order chi connectivity index (χ1) is 10.9. The summed E-state index contributed by atoms with van der Waals surface area (Å²) in [6.07, 6.45) is 0. The van der Waals surface area contributed by atoms with Gasteiger partial charge in [-0.2, -0.15) is 0 Å². The number of ether oxygens (including phenoxy) is 1. The second kappa shape index (κ2) is 7.30. The maximum absolute atomic E-state index is 13.5. The molecule has 0 aliphatic carbocycles. The van der Waals surface area contributed by atoms with Crippen molar-refractivity contribution in [3.8, 4) is 5.75 Å². The molecule has 23 heavy (non-hydrogen) atoms. The molecule has 8 heteroatoms. The van der Waals surface area contributed by atoms with Gasteiger partial charge < -0.3 is 4.74 Å². The number of benzene rings is 2. The normalized spacial score (nSPS) is 11.8. The monoisotopic (exact) mass is 341 g/mol. The lowest BCUT2D eigenvalue weighted by atomic mass is 10.1. The molecule has 2 aromatic rings. The zero-order valence-corrected chi connectivity index (χ0v) is 12.8. The van der Waals surface area contributed by atoms with Crippen LogP contribution in [0.25, 0.3) is 0 Å². The first-order valence-electron chi connectivity index (χ1n) is 6.46. The Morgan fingerprint density at radius 3 is 2.61 bits per heavy atom. The summed E-state index contributed by atoms with van der Waals surface area (Å²) in [5, 5.41) is 0. The number of nitrogens with one attached hydrogen (secondary N) is 1. The smallest absolute Gasteiger partial charge is 0.259 e. The van der Waals surface area contributed by atoms with Crippen molar-refractivity contribution in [1.82, 2.24) is 0 Å². The lowest BCUT2D eigenvalue weighted by molar-refractivity contribution is 0.101. The minimum Gasteiger partial charge on any atom is -0.486 e. The highest BCUT2D eigenvalue weighted by molar-refractivity contribution is 7.80. The van der Waals surface area contributed by atoms with Gasteiger partial charge in [0.25, 0.3) is 11.3 Å². The van der Waals surface area contributed by atoms with Crippen molar-refractivity contribution < 1.29 is 27.1 Å². The van der Waals surface area contributed by atoms with Crippen LogP contribution in [0.4, 0.5) is 14.5 Å². The van der Waals surface area contributed by atoms with Gasteiger partial charge in [-0.15, -0.1) is 0 Å². The Morgan fingerprint density at radius 2 is 2.00 bits per heavy atom. The Balaban J connectivity index is 2.26. The number of halogens is 2. The molecule has 1 atom stereocenters. The molecular weight excluding hydrogens is 328 g/mol. The van der Waals surface area contributed by atoms with Gasteiger partial charge in [0.05, 0.1) is 5.69 Å². The van der Waals surface area contributed by atoms with Gasteiger partial charge in [0.15, 0.2) is 17.3 Å². The highest BCUT2D eigenvalue weighted by atomic mass is 32.2. The minimum atomic E-state index is -2.31. The lowest BCUT2D eigenvalue weighted by Gasteiger charge is -2.12. The Hall–Kier alpha value is -2.32. The van der Waals surface area contributed by atoms with Crippen LogP contribution >= 0.6 is 0 Å². The SMILES string of the molecule is CC(=O)c1ccc(NS(=O)O)c(COc2ccc(F)cc2F)c1. The van der Waals surface area contributed by atoms with Gasteiger partial charge in [-0.3, -0.25) is 14.1 Å². The Morgan fingerprint density at radius 1 is 1.26 bits per heavy atom. The molecule has 0 saturated carbocycles. The van der Waals surface area contributed by atoms with Crippen molar-refractivity contribution in [2.24, 2.45) is 0 Å². The van der Waals surface area contributed by atoms with E-state index in [0.717, 1.165) is 12.1 Å². The third kappa shape index (κ3) is 4.57. The van der Waals surface area contributed by atoms with Crippen molar-refractivity contribution in [2.45, 2.75) is 13.5 Å². The van der Waals surface area contributed by atoms with Crippen LogP contribution in [0.1, 0.15) is 22.8 Å². The van der Waals surface area contributed by atoms with Gasteiger partial charge in [-0.25, -0.2) is 13.0 Å². The maximum Gasteiger partial charge on any atom is 0.259 e. The molecular formula is C15H13F2NO4S. The number of hydrogen-bond acceptors (Lipinski definition) is 3. The third-order valence-electron chi connectivity index (χ3n) is 2.99. The molecule has 0 heterocycles. The fraction of sp³-hybridized carbons (Fsp3) is 0.133. The van der Waals surface area contributed by atoms with E-state index in [1.54, 1.807) is 0 Å². The Labute approximate surface area is 133 Å². The molecule has 0 bridgehead atoms. The van der Waals surface area contributed by atoms with Crippen LogP contribution in [0.5, 0.6) is 5.75 Å². The zero-order chi connectivity index (χ0) is 17.0. The second-order valence-corrected chi connectivity index (χ2v) is 5.35. The quantitative estimate of drug-likeness (QED) is 0.624. The van der Waals surface area contributed by atoms with E-state index in [4.69, 9.17) is 9.29 Å². The Kier molecular flexibility index (Phi) is 5.41. The third-order valence-corrected chi connectivity index (χ3v) is 3.38. The lowest BCUT2D eigenvalue weighted by Crippen LogP contribution is -2.08. The fourth-order valence-electron chi connectivity index (χ4n) is 1.87. The summed E-state index contributed by atoms with van der Waals surface area (Å²) in [6.45, 7) is 1.19. The van der Waals surface area contributed by atoms with E-state index in [1.165, 1.54) is 25.1 Å². The summed E-state index contributed by atoms with van der Waals surface area (Å²) in [7, 11) is 0. The van der Waals surface area contributed by atoms with Crippen LogP contribution in [0.2, 0.25) is 0 Å². The molecule has 122 valence electrons. The summed E-state index contributed by atoms with van der Waals surface area (Å²) in [4.78, 5) is 11.4. The topological polar surface area (TPSA) is 75.6 Å². The molecule has 5 nitrogen and oxygen atoms in total. The van der Waals surface area contributed by atoms with Crippen molar-refractivity contribution in [1.29, 1.82) is 0 Å². The Bertz CT molecular complexity index is 767. The van der Waals surface area contributed by atoms with E-state index in [0.29, 0.717) is 17.2 Å². The highest BCUT2D eigenvalue weighted by Gasteiger charge is 2.11. The van der Waals surface area contributed by atoms with E-state index in [-0.39, 0.29) is 23.8 Å². The summed E-state index contributed by atoms with van der Waals surface area (Å²) in [5.41, 5.74) is 1.01. The number of anilines is 1. The van der Waals surface area contributed by atoms with Gasteiger partial charge in [-0.05, 0) is 37.3 Å². The van der Waals surface area contributed by atoms with E-state index >= 15 is 0 Å². The summed E-state index contributed by atoms with van der Waals surface area (Å²) >= 11 is -2.31. The zero-order valence-electron chi connectivity index (χ0n) is 12.0. The van der Waals surface area contributed by atoms with Crippen molar-refractivity contribution in [2.75, 3.05) is 4.72 Å². The molecule has 0 aliphatic heterocycles. The molecule has 2 aromatic carbocycles. The van der Waals surface area contributed by atoms with Gasteiger partial charge in [0.2, 0.25) is 0 Å². The standard InChI is InChI=1S/C15H13F2NO4S/c1-9(19)10-2-4-14(18-23(20)21)11(6-10)8-22-15-5-3-12(16)7-13(15)17/h2-7,18H,8H2,1H3,(H,20,21). The van der Waals surface area contributed by atoms with Crippen LogP contribution in [-0.4, -0.2) is 14.5 Å². The molecule has 0 spiro atoms. The predicted molar refractivity (Wildman–Crippen MR) is 81.5 cm³/mol. The molecule has 0 fully saturated rings. The number of rotatable bonds is 6. The average molecular weight is 341 g/mol. The fourth-order valence-corrected chi connectivity index (χ4v) is 2.26. The van der Waals surface area contributed by atoms with Gasteiger partial charge in [0.1, 0.15) is 12.4 Å².